The number of hydrogen-bond donors (Lipinski definition) is 2. The molecule has 0 saturated carbocycles. The van der Waals surface area contributed by atoms with Crippen LogP contribution in [0.3, 0.4) is 0 Å². The molecule has 3 nitrogen and oxygen atoms in total. The maximum Gasteiger partial charge on any atom is 0.244 e. The van der Waals surface area contributed by atoms with Gasteiger partial charge in [0.2, 0.25) is 5.91 Å². The van der Waals surface area contributed by atoms with Crippen molar-refractivity contribution < 1.29 is 18.0 Å². The van der Waals surface area contributed by atoms with E-state index in [9.17, 15) is 18.0 Å². The lowest BCUT2D eigenvalue weighted by Crippen LogP contribution is -2.28. The molecule has 0 aliphatic carbocycles. The van der Waals surface area contributed by atoms with Crippen molar-refractivity contribution >= 4 is 11.6 Å². The summed E-state index contributed by atoms with van der Waals surface area (Å²) in [6.45, 7) is 0. The Morgan fingerprint density at radius 2 is 1.60 bits per heavy atom. The van der Waals surface area contributed by atoms with Crippen LogP contribution in [0.15, 0.2) is 42.5 Å². The predicted molar refractivity (Wildman–Crippen MR) is 68.3 cm³/mol. The van der Waals surface area contributed by atoms with Gasteiger partial charge in [-0.25, -0.2) is 13.2 Å². The van der Waals surface area contributed by atoms with Crippen LogP contribution >= 0.6 is 0 Å². The Labute approximate surface area is 113 Å². The van der Waals surface area contributed by atoms with E-state index in [1.165, 1.54) is 24.3 Å². The number of carbonyl (C=O) groups excluding carboxylic acids is 1. The molecule has 3 N–H and O–H groups in total. The Morgan fingerprint density at radius 3 is 2.20 bits per heavy atom. The van der Waals surface area contributed by atoms with E-state index >= 15 is 0 Å². The molecule has 0 heterocycles. The van der Waals surface area contributed by atoms with Crippen molar-refractivity contribution in [2.24, 2.45) is 5.73 Å². The Morgan fingerprint density at radius 1 is 1.00 bits per heavy atom. The largest absolute Gasteiger partial charge is 0.370 e. The molecule has 104 valence electrons. The smallest absolute Gasteiger partial charge is 0.244 e. The van der Waals surface area contributed by atoms with Crippen molar-refractivity contribution in [3.8, 4) is 0 Å². The molecule has 20 heavy (non-hydrogen) atoms. The first-order chi connectivity index (χ1) is 9.47. The van der Waals surface area contributed by atoms with E-state index in [4.69, 9.17) is 5.73 Å². The van der Waals surface area contributed by atoms with Crippen LogP contribution in [0.2, 0.25) is 0 Å². The van der Waals surface area contributed by atoms with Gasteiger partial charge in [0.05, 0.1) is 0 Å². The van der Waals surface area contributed by atoms with Crippen molar-refractivity contribution in [3.63, 3.8) is 0 Å². The number of nitrogens with two attached hydrogens (primary N) is 1. The molecule has 6 heteroatoms. The second kappa shape index (κ2) is 5.64. The average Bonchev–Trinajstić information content (AvgIpc) is 2.41. The van der Waals surface area contributed by atoms with Gasteiger partial charge in [-0.2, -0.15) is 0 Å². The zero-order valence-electron chi connectivity index (χ0n) is 10.2. The van der Waals surface area contributed by atoms with Gasteiger partial charge in [0.1, 0.15) is 23.5 Å². The van der Waals surface area contributed by atoms with E-state index in [2.05, 4.69) is 5.32 Å². The number of rotatable bonds is 4. The van der Waals surface area contributed by atoms with Gasteiger partial charge in [0.15, 0.2) is 0 Å². The van der Waals surface area contributed by atoms with Crippen molar-refractivity contribution in [1.82, 2.24) is 0 Å². The second-order valence-electron chi connectivity index (χ2n) is 4.15. The fourth-order valence-corrected chi connectivity index (χ4v) is 1.75. The van der Waals surface area contributed by atoms with Crippen molar-refractivity contribution in [2.75, 3.05) is 5.32 Å². The highest BCUT2D eigenvalue weighted by Gasteiger charge is 2.22. The quantitative estimate of drug-likeness (QED) is 0.904. The molecule has 2 aromatic carbocycles. The van der Waals surface area contributed by atoms with Gasteiger partial charge in [0.25, 0.3) is 0 Å². The minimum absolute atomic E-state index is 0.207. The van der Waals surface area contributed by atoms with Gasteiger partial charge in [-0.05, 0) is 42.5 Å². The van der Waals surface area contributed by atoms with E-state index in [0.717, 1.165) is 18.2 Å². The third-order valence-corrected chi connectivity index (χ3v) is 2.71. The highest BCUT2D eigenvalue weighted by molar-refractivity contribution is 5.84. The first kappa shape index (κ1) is 13.9. The number of nitrogens with one attached hydrogen (secondary N) is 1. The predicted octanol–water partition coefficient (Wildman–Crippen LogP) is 2.74. The van der Waals surface area contributed by atoms with Gasteiger partial charge in [-0.15, -0.1) is 0 Å². The summed E-state index contributed by atoms with van der Waals surface area (Å²) in [6, 6.07) is 6.55. The molecule has 1 atom stereocenters. The Balaban J connectivity index is 2.34. The van der Waals surface area contributed by atoms with Gasteiger partial charge in [0, 0.05) is 11.3 Å². The Kier molecular flexibility index (Phi) is 3.93. The normalized spacial score (nSPS) is 11.9. The fourth-order valence-electron chi connectivity index (χ4n) is 1.75. The molecular weight excluding hydrogens is 269 g/mol. The summed E-state index contributed by atoms with van der Waals surface area (Å²) in [6.07, 6.45) is 0. The lowest BCUT2D eigenvalue weighted by Gasteiger charge is -2.17. The molecule has 2 rings (SSSR count). The summed E-state index contributed by atoms with van der Waals surface area (Å²) in [7, 11) is 0. The van der Waals surface area contributed by atoms with Crippen molar-refractivity contribution in [3.05, 3.63) is 65.5 Å². The van der Waals surface area contributed by atoms with Crippen molar-refractivity contribution in [2.45, 2.75) is 6.04 Å². The van der Waals surface area contributed by atoms with Gasteiger partial charge >= 0.3 is 0 Å². The van der Waals surface area contributed by atoms with Crippen LogP contribution in [0.5, 0.6) is 0 Å². The van der Waals surface area contributed by atoms with Crippen LogP contribution in [0, 0.1) is 17.5 Å². The number of hydrogen-bond acceptors (Lipinski definition) is 2. The van der Waals surface area contributed by atoms with Gasteiger partial charge < -0.3 is 11.1 Å². The lowest BCUT2D eigenvalue weighted by atomic mass is 10.0. The van der Waals surface area contributed by atoms with Crippen molar-refractivity contribution in [1.29, 1.82) is 0 Å². The molecule has 0 saturated heterocycles. The maximum absolute atomic E-state index is 13.7. The minimum atomic E-state index is -1.25. The minimum Gasteiger partial charge on any atom is -0.370 e. The second-order valence-corrected chi connectivity index (χ2v) is 4.15. The van der Waals surface area contributed by atoms with Crippen LogP contribution < -0.4 is 11.1 Å². The third-order valence-electron chi connectivity index (χ3n) is 2.71. The van der Waals surface area contributed by atoms with Crippen LogP contribution in [0.25, 0.3) is 0 Å². The molecular formula is C14H11F3N2O. The molecule has 0 aromatic heterocycles. The zero-order chi connectivity index (χ0) is 14.7. The van der Waals surface area contributed by atoms with Gasteiger partial charge in [-0.3, -0.25) is 4.79 Å². The number of amides is 1. The number of anilines is 1. The molecule has 0 fully saturated rings. The molecule has 0 spiro atoms. The van der Waals surface area contributed by atoms with Crippen LogP contribution in [0.4, 0.5) is 18.9 Å². The maximum atomic E-state index is 13.7. The Bertz CT molecular complexity index is 629. The summed E-state index contributed by atoms with van der Waals surface area (Å²) in [5, 5.41) is 2.64. The standard InChI is InChI=1S/C14H11F3N2O/c15-8-1-4-10(5-2-8)19-13(14(18)20)11-7-9(16)3-6-12(11)17/h1-7,13,19H,(H2,18,20). The van der Waals surface area contributed by atoms with E-state index in [0.29, 0.717) is 5.69 Å². The highest BCUT2D eigenvalue weighted by Crippen LogP contribution is 2.23. The molecule has 1 amide bonds. The van der Waals surface area contributed by atoms with E-state index in [1.54, 1.807) is 0 Å². The molecule has 0 aliphatic heterocycles. The summed E-state index contributed by atoms with van der Waals surface area (Å²) >= 11 is 0. The van der Waals surface area contributed by atoms with E-state index in [1.807, 2.05) is 0 Å². The summed E-state index contributed by atoms with van der Waals surface area (Å²) in [5.41, 5.74) is 5.35. The SMILES string of the molecule is NC(=O)C(Nc1ccc(F)cc1)c1cc(F)ccc1F. The van der Waals surface area contributed by atoms with Crippen LogP contribution in [0.1, 0.15) is 11.6 Å². The summed E-state index contributed by atoms with van der Waals surface area (Å²) < 4.78 is 39.6. The number of halogens is 3. The fraction of sp³-hybridized carbons (Fsp3) is 0.0714. The molecule has 2 aromatic rings. The number of primary amides is 1. The lowest BCUT2D eigenvalue weighted by molar-refractivity contribution is -0.118. The zero-order valence-corrected chi connectivity index (χ0v) is 10.2. The molecule has 1 unspecified atom stereocenters. The first-order valence-corrected chi connectivity index (χ1v) is 5.74. The number of carbonyl (C=O) groups is 1. The third kappa shape index (κ3) is 3.09. The van der Waals surface area contributed by atoms with E-state index < -0.39 is 29.4 Å². The van der Waals surface area contributed by atoms with Gasteiger partial charge in [-0.1, -0.05) is 0 Å². The monoisotopic (exact) mass is 280 g/mol. The molecule has 0 aliphatic rings. The van der Waals surface area contributed by atoms with Crippen LogP contribution in [-0.2, 0) is 4.79 Å². The molecule has 0 bridgehead atoms. The average molecular weight is 280 g/mol. The highest BCUT2D eigenvalue weighted by atomic mass is 19.1. The molecule has 0 radical (unpaired) electrons. The Hall–Kier alpha value is -2.50. The summed E-state index contributed by atoms with van der Waals surface area (Å²) in [5.74, 6) is -2.78. The van der Waals surface area contributed by atoms with Crippen LogP contribution in [-0.4, -0.2) is 5.91 Å². The number of benzene rings is 2. The first-order valence-electron chi connectivity index (χ1n) is 5.74. The topological polar surface area (TPSA) is 55.1 Å². The van der Waals surface area contributed by atoms with E-state index in [-0.39, 0.29) is 5.56 Å². The summed E-state index contributed by atoms with van der Waals surface area (Å²) in [4.78, 5) is 11.4.